The van der Waals surface area contributed by atoms with Gasteiger partial charge in [-0.05, 0) is 17.8 Å². The first-order valence-electron chi connectivity index (χ1n) is 5.24. The minimum atomic E-state index is 0.478. The standard InChI is InChI=1S/C10H16ClN3O/c1-10(2)5-7(10)6-12-9-14-13-8(15-9)3-4-11/h7H,3-6H2,1-2H3,(H,12,14). The van der Waals surface area contributed by atoms with Crippen LogP contribution in [0.15, 0.2) is 4.42 Å². The van der Waals surface area contributed by atoms with E-state index in [1.807, 2.05) is 0 Å². The Morgan fingerprint density at radius 1 is 1.53 bits per heavy atom. The molecule has 1 fully saturated rings. The average Bonchev–Trinajstić information content (AvgIpc) is 2.62. The molecule has 0 radical (unpaired) electrons. The highest BCUT2D eigenvalue weighted by molar-refractivity contribution is 6.17. The number of hydrogen-bond donors (Lipinski definition) is 1. The second-order valence-electron chi connectivity index (χ2n) is 4.71. The lowest BCUT2D eigenvalue weighted by Crippen LogP contribution is -2.07. The third-order valence-electron chi connectivity index (χ3n) is 2.99. The molecule has 1 aromatic rings. The fourth-order valence-corrected chi connectivity index (χ4v) is 1.80. The maximum Gasteiger partial charge on any atom is 0.315 e. The number of aromatic nitrogens is 2. The summed E-state index contributed by atoms with van der Waals surface area (Å²) >= 11 is 5.57. The zero-order valence-electron chi connectivity index (χ0n) is 9.09. The van der Waals surface area contributed by atoms with E-state index in [9.17, 15) is 0 Å². The lowest BCUT2D eigenvalue weighted by Gasteiger charge is -2.02. The van der Waals surface area contributed by atoms with Crippen molar-refractivity contribution in [2.24, 2.45) is 11.3 Å². The SMILES string of the molecule is CC1(C)CC1CNc1nnc(CCCl)o1. The van der Waals surface area contributed by atoms with Crippen molar-refractivity contribution in [1.82, 2.24) is 10.2 Å². The molecule has 4 nitrogen and oxygen atoms in total. The van der Waals surface area contributed by atoms with Crippen LogP contribution in [0, 0.1) is 11.3 Å². The summed E-state index contributed by atoms with van der Waals surface area (Å²) in [7, 11) is 0. The summed E-state index contributed by atoms with van der Waals surface area (Å²) in [5, 5.41) is 10.9. The molecule has 1 aliphatic carbocycles. The first-order chi connectivity index (χ1) is 7.12. The van der Waals surface area contributed by atoms with Gasteiger partial charge in [0.2, 0.25) is 5.89 Å². The molecule has 1 aliphatic rings. The van der Waals surface area contributed by atoms with E-state index < -0.39 is 0 Å². The van der Waals surface area contributed by atoms with Gasteiger partial charge in [0.15, 0.2) is 0 Å². The van der Waals surface area contributed by atoms with Crippen LogP contribution in [-0.4, -0.2) is 22.6 Å². The lowest BCUT2D eigenvalue weighted by atomic mass is 10.1. The molecular formula is C10H16ClN3O. The van der Waals surface area contributed by atoms with Crippen molar-refractivity contribution in [1.29, 1.82) is 0 Å². The number of nitrogens with zero attached hydrogens (tertiary/aromatic N) is 2. The van der Waals surface area contributed by atoms with E-state index in [1.54, 1.807) is 0 Å². The molecule has 1 unspecified atom stereocenters. The maximum absolute atomic E-state index is 5.57. The smallest absolute Gasteiger partial charge is 0.315 e. The summed E-state index contributed by atoms with van der Waals surface area (Å²) in [6.07, 6.45) is 1.90. The molecule has 0 aliphatic heterocycles. The van der Waals surface area contributed by atoms with Crippen molar-refractivity contribution in [3.8, 4) is 0 Å². The third-order valence-corrected chi connectivity index (χ3v) is 3.18. The van der Waals surface area contributed by atoms with Gasteiger partial charge in [-0.1, -0.05) is 18.9 Å². The summed E-state index contributed by atoms with van der Waals surface area (Å²) in [4.78, 5) is 0. The Morgan fingerprint density at radius 2 is 2.27 bits per heavy atom. The molecule has 1 saturated carbocycles. The van der Waals surface area contributed by atoms with Gasteiger partial charge >= 0.3 is 6.01 Å². The Bertz CT molecular complexity index is 337. The predicted molar refractivity (Wildman–Crippen MR) is 59.1 cm³/mol. The third kappa shape index (κ3) is 2.62. The van der Waals surface area contributed by atoms with Gasteiger partial charge in [-0.15, -0.1) is 16.7 Å². The summed E-state index contributed by atoms with van der Waals surface area (Å²) in [6.45, 7) is 5.45. The van der Waals surface area contributed by atoms with Crippen LogP contribution in [0.3, 0.4) is 0 Å². The van der Waals surface area contributed by atoms with E-state index in [4.69, 9.17) is 16.0 Å². The molecule has 1 aromatic heterocycles. The molecule has 1 atom stereocenters. The molecule has 0 saturated heterocycles. The molecule has 84 valence electrons. The minimum Gasteiger partial charge on any atom is -0.408 e. The summed E-state index contributed by atoms with van der Waals surface area (Å²) in [5.74, 6) is 1.83. The first kappa shape index (κ1) is 10.7. The zero-order valence-corrected chi connectivity index (χ0v) is 9.84. The molecule has 5 heteroatoms. The summed E-state index contributed by atoms with van der Waals surface area (Å²) < 4.78 is 5.35. The maximum atomic E-state index is 5.57. The van der Waals surface area contributed by atoms with Gasteiger partial charge in [0, 0.05) is 18.8 Å². The Hall–Kier alpha value is -0.770. The fourth-order valence-electron chi connectivity index (χ4n) is 1.64. The summed E-state index contributed by atoms with van der Waals surface area (Å²) in [6, 6.07) is 0.512. The predicted octanol–water partition coefficient (Wildman–Crippen LogP) is 2.31. The van der Waals surface area contributed by atoms with Gasteiger partial charge in [0.05, 0.1) is 0 Å². The van der Waals surface area contributed by atoms with E-state index in [2.05, 4.69) is 29.4 Å². The number of anilines is 1. The van der Waals surface area contributed by atoms with Crippen LogP contribution in [0.2, 0.25) is 0 Å². The van der Waals surface area contributed by atoms with Crippen LogP contribution in [0.5, 0.6) is 0 Å². The molecule has 1 N–H and O–H groups in total. The highest BCUT2D eigenvalue weighted by atomic mass is 35.5. The van der Waals surface area contributed by atoms with Gasteiger partial charge in [0.25, 0.3) is 0 Å². The van der Waals surface area contributed by atoms with Gasteiger partial charge in [-0.25, -0.2) is 0 Å². The molecular weight excluding hydrogens is 214 g/mol. The highest BCUT2D eigenvalue weighted by Crippen LogP contribution is 2.51. The largest absolute Gasteiger partial charge is 0.408 e. The highest BCUT2D eigenvalue weighted by Gasteiger charge is 2.45. The summed E-state index contributed by atoms with van der Waals surface area (Å²) in [5.41, 5.74) is 0.478. The molecule has 15 heavy (non-hydrogen) atoms. The number of nitrogens with one attached hydrogen (secondary N) is 1. The minimum absolute atomic E-state index is 0.478. The van der Waals surface area contributed by atoms with Crippen molar-refractivity contribution >= 4 is 17.6 Å². The zero-order chi connectivity index (χ0) is 10.9. The molecule has 0 aromatic carbocycles. The second kappa shape index (κ2) is 4.00. The van der Waals surface area contributed by atoms with Crippen LogP contribution in [-0.2, 0) is 6.42 Å². The number of alkyl halides is 1. The number of aryl methyl sites for hydroxylation is 1. The molecule has 0 amide bonds. The Kier molecular flexibility index (Phi) is 2.87. The van der Waals surface area contributed by atoms with Crippen molar-refractivity contribution in [3.63, 3.8) is 0 Å². The van der Waals surface area contributed by atoms with Gasteiger partial charge < -0.3 is 9.73 Å². The Labute approximate surface area is 94.4 Å². The van der Waals surface area contributed by atoms with Gasteiger partial charge in [0.1, 0.15) is 0 Å². The fraction of sp³-hybridized carbons (Fsp3) is 0.800. The van der Waals surface area contributed by atoms with Crippen LogP contribution in [0.4, 0.5) is 6.01 Å². The quantitative estimate of drug-likeness (QED) is 0.788. The van der Waals surface area contributed by atoms with E-state index in [0.717, 1.165) is 12.5 Å². The Morgan fingerprint density at radius 3 is 2.87 bits per heavy atom. The molecule has 1 heterocycles. The second-order valence-corrected chi connectivity index (χ2v) is 5.09. The van der Waals surface area contributed by atoms with Crippen molar-refractivity contribution in [2.45, 2.75) is 26.7 Å². The van der Waals surface area contributed by atoms with Crippen LogP contribution in [0.1, 0.15) is 26.2 Å². The van der Waals surface area contributed by atoms with Crippen molar-refractivity contribution in [2.75, 3.05) is 17.7 Å². The van der Waals surface area contributed by atoms with E-state index >= 15 is 0 Å². The molecule has 0 spiro atoms. The van der Waals surface area contributed by atoms with Crippen LogP contribution in [0.25, 0.3) is 0 Å². The lowest BCUT2D eigenvalue weighted by molar-refractivity contribution is 0.506. The van der Waals surface area contributed by atoms with E-state index in [-0.39, 0.29) is 0 Å². The first-order valence-corrected chi connectivity index (χ1v) is 5.77. The number of rotatable bonds is 5. The topological polar surface area (TPSA) is 51.0 Å². The number of halogens is 1. The van der Waals surface area contributed by atoms with Crippen molar-refractivity contribution in [3.05, 3.63) is 5.89 Å². The monoisotopic (exact) mass is 229 g/mol. The Balaban J connectivity index is 1.79. The van der Waals surface area contributed by atoms with Crippen LogP contribution >= 0.6 is 11.6 Å². The van der Waals surface area contributed by atoms with Crippen LogP contribution < -0.4 is 5.32 Å². The van der Waals surface area contributed by atoms with E-state index in [0.29, 0.717) is 29.6 Å². The normalized spacial score (nSPS) is 22.7. The van der Waals surface area contributed by atoms with Gasteiger partial charge in [-0.3, -0.25) is 0 Å². The molecule has 0 bridgehead atoms. The van der Waals surface area contributed by atoms with Crippen molar-refractivity contribution < 1.29 is 4.42 Å². The van der Waals surface area contributed by atoms with E-state index in [1.165, 1.54) is 6.42 Å². The number of hydrogen-bond acceptors (Lipinski definition) is 4. The average molecular weight is 230 g/mol. The molecule has 2 rings (SSSR count). The van der Waals surface area contributed by atoms with Gasteiger partial charge in [-0.2, -0.15) is 0 Å².